The summed E-state index contributed by atoms with van der Waals surface area (Å²) in [6.07, 6.45) is 0.745. The summed E-state index contributed by atoms with van der Waals surface area (Å²) in [7, 11) is 0. The summed E-state index contributed by atoms with van der Waals surface area (Å²) >= 11 is 0. The molecule has 0 aliphatic carbocycles. The third kappa shape index (κ3) is 3.60. The first-order chi connectivity index (χ1) is 12.1. The lowest BCUT2D eigenvalue weighted by atomic mass is 10.1. The van der Waals surface area contributed by atoms with Gasteiger partial charge in [-0.05, 0) is 24.6 Å². The first kappa shape index (κ1) is 16.5. The van der Waals surface area contributed by atoms with E-state index in [-0.39, 0.29) is 16.3 Å². The van der Waals surface area contributed by atoms with Gasteiger partial charge in [-0.3, -0.25) is 20.2 Å². The molecule has 1 aliphatic heterocycles. The summed E-state index contributed by atoms with van der Waals surface area (Å²) in [6.45, 7) is 1.77. The molecule has 2 aromatic rings. The SMILES string of the molecule is O=[N+]([O-])c1ccc(NCCNc2c([N+](=O)[O-])ccc3c2CCN3)cc1. The average Bonchev–Trinajstić information content (AvgIpc) is 3.07. The largest absolute Gasteiger partial charge is 0.384 e. The van der Waals surface area contributed by atoms with Crippen LogP contribution in [0.2, 0.25) is 0 Å². The average molecular weight is 343 g/mol. The minimum atomic E-state index is -0.450. The van der Waals surface area contributed by atoms with Crippen molar-refractivity contribution in [1.29, 1.82) is 0 Å². The molecule has 1 heterocycles. The highest BCUT2D eigenvalue weighted by Gasteiger charge is 2.23. The Kier molecular flexibility index (Phi) is 4.64. The minimum absolute atomic E-state index is 0.0339. The maximum atomic E-state index is 11.2. The van der Waals surface area contributed by atoms with E-state index in [4.69, 9.17) is 0 Å². The standard InChI is InChI=1S/C16H17N5O4/c22-20(23)12-3-1-11(2-4-12)17-9-10-19-16-13-7-8-18-14(13)5-6-15(16)21(24)25/h1-6,17-19H,7-10H2. The molecular formula is C16H17N5O4. The van der Waals surface area contributed by atoms with Crippen LogP contribution in [0.4, 0.5) is 28.4 Å². The summed E-state index contributed by atoms with van der Waals surface area (Å²) in [5, 5.41) is 31.3. The maximum absolute atomic E-state index is 11.2. The quantitative estimate of drug-likeness (QED) is 0.401. The molecule has 0 unspecified atom stereocenters. The summed E-state index contributed by atoms with van der Waals surface area (Å²) < 4.78 is 0. The van der Waals surface area contributed by atoms with Crippen LogP contribution in [0.3, 0.4) is 0 Å². The van der Waals surface area contributed by atoms with Gasteiger partial charge in [-0.1, -0.05) is 0 Å². The number of hydrogen-bond acceptors (Lipinski definition) is 7. The van der Waals surface area contributed by atoms with E-state index in [1.807, 2.05) is 0 Å². The Morgan fingerprint density at radius 2 is 1.68 bits per heavy atom. The predicted molar refractivity (Wildman–Crippen MR) is 95.4 cm³/mol. The van der Waals surface area contributed by atoms with Gasteiger partial charge < -0.3 is 16.0 Å². The van der Waals surface area contributed by atoms with E-state index in [2.05, 4.69) is 16.0 Å². The van der Waals surface area contributed by atoms with Crippen LogP contribution in [0, 0.1) is 20.2 Å². The Morgan fingerprint density at radius 1 is 0.960 bits per heavy atom. The molecule has 0 aromatic heterocycles. The predicted octanol–water partition coefficient (Wildman–Crippen LogP) is 3.00. The summed E-state index contributed by atoms with van der Waals surface area (Å²) in [5.74, 6) is 0. The fourth-order valence-electron chi connectivity index (χ4n) is 2.83. The first-order valence-corrected chi connectivity index (χ1v) is 7.82. The number of fused-ring (bicyclic) bond motifs is 1. The third-order valence-electron chi connectivity index (χ3n) is 4.01. The molecule has 2 aromatic carbocycles. The molecular weight excluding hydrogens is 326 g/mol. The van der Waals surface area contributed by atoms with Gasteiger partial charge in [0.05, 0.1) is 9.85 Å². The molecule has 0 radical (unpaired) electrons. The minimum Gasteiger partial charge on any atom is -0.384 e. The number of nitrogens with zero attached hydrogens (tertiary/aromatic N) is 2. The lowest BCUT2D eigenvalue weighted by molar-refractivity contribution is -0.384. The highest BCUT2D eigenvalue weighted by Crippen LogP contribution is 2.36. The van der Waals surface area contributed by atoms with Crippen molar-refractivity contribution in [3.05, 3.63) is 62.2 Å². The maximum Gasteiger partial charge on any atom is 0.292 e. The Bertz CT molecular complexity index is 807. The van der Waals surface area contributed by atoms with Crippen molar-refractivity contribution >= 4 is 28.4 Å². The van der Waals surface area contributed by atoms with Crippen molar-refractivity contribution in [3.8, 4) is 0 Å². The molecule has 3 rings (SSSR count). The molecule has 0 atom stereocenters. The number of nitro groups is 2. The molecule has 9 heteroatoms. The van der Waals surface area contributed by atoms with Crippen LogP contribution in [0.25, 0.3) is 0 Å². The number of benzene rings is 2. The topological polar surface area (TPSA) is 122 Å². The molecule has 130 valence electrons. The van der Waals surface area contributed by atoms with E-state index in [0.29, 0.717) is 18.8 Å². The van der Waals surface area contributed by atoms with E-state index in [0.717, 1.165) is 29.9 Å². The van der Waals surface area contributed by atoms with E-state index in [1.54, 1.807) is 18.2 Å². The molecule has 0 saturated heterocycles. The monoisotopic (exact) mass is 343 g/mol. The van der Waals surface area contributed by atoms with Gasteiger partial charge in [0.1, 0.15) is 5.69 Å². The Hall–Kier alpha value is -3.36. The van der Waals surface area contributed by atoms with Crippen molar-refractivity contribution in [3.63, 3.8) is 0 Å². The summed E-state index contributed by atoms with van der Waals surface area (Å²) in [4.78, 5) is 21.0. The van der Waals surface area contributed by atoms with Gasteiger partial charge in [0.15, 0.2) is 0 Å². The molecule has 0 bridgehead atoms. The number of hydrogen-bond donors (Lipinski definition) is 3. The molecule has 3 N–H and O–H groups in total. The Balaban J connectivity index is 1.61. The molecule has 0 spiro atoms. The molecule has 0 amide bonds. The van der Waals surface area contributed by atoms with Crippen molar-refractivity contribution in [1.82, 2.24) is 0 Å². The van der Waals surface area contributed by atoms with Crippen LogP contribution in [0.1, 0.15) is 5.56 Å². The molecule has 0 fully saturated rings. The highest BCUT2D eigenvalue weighted by molar-refractivity contribution is 5.77. The second-order valence-electron chi connectivity index (χ2n) is 5.58. The summed E-state index contributed by atoms with van der Waals surface area (Å²) in [5.41, 5.74) is 3.27. The molecule has 0 saturated carbocycles. The Morgan fingerprint density at radius 3 is 2.36 bits per heavy atom. The second kappa shape index (κ2) is 7.04. The van der Waals surface area contributed by atoms with Crippen molar-refractivity contribution in [2.75, 3.05) is 35.6 Å². The van der Waals surface area contributed by atoms with Gasteiger partial charge in [-0.15, -0.1) is 0 Å². The van der Waals surface area contributed by atoms with Crippen LogP contribution < -0.4 is 16.0 Å². The normalized spacial score (nSPS) is 12.2. The van der Waals surface area contributed by atoms with Crippen LogP contribution >= 0.6 is 0 Å². The van der Waals surface area contributed by atoms with Crippen LogP contribution in [0.5, 0.6) is 0 Å². The first-order valence-electron chi connectivity index (χ1n) is 7.82. The zero-order valence-electron chi connectivity index (χ0n) is 13.3. The third-order valence-corrected chi connectivity index (χ3v) is 4.01. The lowest BCUT2D eigenvalue weighted by Crippen LogP contribution is -2.15. The number of anilines is 3. The molecule has 25 heavy (non-hydrogen) atoms. The Labute approximate surface area is 143 Å². The zero-order valence-corrected chi connectivity index (χ0v) is 13.3. The molecule has 9 nitrogen and oxygen atoms in total. The fourth-order valence-corrected chi connectivity index (χ4v) is 2.83. The number of nitro benzene ring substituents is 2. The van der Waals surface area contributed by atoms with Gasteiger partial charge in [0, 0.05) is 54.8 Å². The van der Waals surface area contributed by atoms with Crippen molar-refractivity contribution in [2.45, 2.75) is 6.42 Å². The van der Waals surface area contributed by atoms with Crippen molar-refractivity contribution < 1.29 is 9.85 Å². The van der Waals surface area contributed by atoms with Gasteiger partial charge in [0.25, 0.3) is 11.4 Å². The second-order valence-corrected chi connectivity index (χ2v) is 5.58. The van der Waals surface area contributed by atoms with Crippen LogP contribution in [-0.2, 0) is 6.42 Å². The van der Waals surface area contributed by atoms with Gasteiger partial charge in [-0.25, -0.2) is 0 Å². The number of rotatable bonds is 7. The zero-order chi connectivity index (χ0) is 17.8. The summed E-state index contributed by atoms with van der Waals surface area (Å²) in [6, 6.07) is 9.35. The number of non-ortho nitro benzene ring substituents is 1. The lowest BCUT2D eigenvalue weighted by Gasteiger charge is -2.12. The highest BCUT2D eigenvalue weighted by atomic mass is 16.6. The number of nitrogens with one attached hydrogen (secondary N) is 3. The van der Waals surface area contributed by atoms with E-state index >= 15 is 0 Å². The van der Waals surface area contributed by atoms with Crippen LogP contribution in [-0.4, -0.2) is 29.5 Å². The van der Waals surface area contributed by atoms with Gasteiger partial charge >= 0.3 is 0 Å². The molecule has 1 aliphatic rings. The van der Waals surface area contributed by atoms with Crippen LogP contribution in [0.15, 0.2) is 36.4 Å². The van der Waals surface area contributed by atoms with Gasteiger partial charge in [0.2, 0.25) is 0 Å². The van der Waals surface area contributed by atoms with Crippen molar-refractivity contribution in [2.24, 2.45) is 0 Å². The van der Waals surface area contributed by atoms with Gasteiger partial charge in [-0.2, -0.15) is 0 Å². The smallest absolute Gasteiger partial charge is 0.292 e. The van der Waals surface area contributed by atoms with E-state index in [9.17, 15) is 20.2 Å². The van der Waals surface area contributed by atoms with E-state index in [1.165, 1.54) is 18.2 Å². The van der Waals surface area contributed by atoms with E-state index < -0.39 is 4.92 Å². The fraction of sp³-hybridized carbons (Fsp3) is 0.250.